The van der Waals surface area contributed by atoms with Crippen molar-refractivity contribution >= 4 is 11.6 Å². The molecule has 2 aromatic rings. The van der Waals surface area contributed by atoms with E-state index in [0.717, 1.165) is 17.7 Å². The lowest BCUT2D eigenvalue weighted by Gasteiger charge is -2.14. The molecule has 6 heteroatoms. The SMILES string of the molecule is CC(NCCC(=O)Nc1ccc(C(F)(F)F)cc1)c1ccccc1. The number of nitrogens with one attached hydrogen (secondary N) is 2. The summed E-state index contributed by atoms with van der Waals surface area (Å²) in [5.74, 6) is -0.248. The second kappa shape index (κ2) is 7.97. The Morgan fingerprint density at radius 2 is 1.67 bits per heavy atom. The summed E-state index contributed by atoms with van der Waals surface area (Å²) < 4.78 is 37.4. The summed E-state index contributed by atoms with van der Waals surface area (Å²) in [5, 5.41) is 5.82. The molecule has 0 aromatic heterocycles. The van der Waals surface area contributed by atoms with Gasteiger partial charge in [0.05, 0.1) is 5.56 Å². The Morgan fingerprint density at radius 1 is 1.04 bits per heavy atom. The minimum Gasteiger partial charge on any atom is -0.326 e. The Hall–Kier alpha value is -2.34. The first-order valence-electron chi connectivity index (χ1n) is 7.61. The topological polar surface area (TPSA) is 41.1 Å². The van der Waals surface area contributed by atoms with E-state index in [1.807, 2.05) is 37.3 Å². The third-order valence-corrected chi connectivity index (χ3v) is 3.60. The van der Waals surface area contributed by atoms with Gasteiger partial charge in [-0.25, -0.2) is 0 Å². The van der Waals surface area contributed by atoms with Crippen LogP contribution in [0.25, 0.3) is 0 Å². The molecule has 1 atom stereocenters. The predicted molar refractivity (Wildman–Crippen MR) is 87.6 cm³/mol. The maximum atomic E-state index is 12.5. The Morgan fingerprint density at radius 3 is 2.25 bits per heavy atom. The smallest absolute Gasteiger partial charge is 0.326 e. The zero-order valence-corrected chi connectivity index (χ0v) is 13.2. The molecule has 2 aromatic carbocycles. The number of rotatable bonds is 6. The fourth-order valence-electron chi connectivity index (χ4n) is 2.23. The van der Waals surface area contributed by atoms with Crippen molar-refractivity contribution < 1.29 is 18.0 Å². The minimum atomic E-state index is -4.37. The van der Waals surface area contributed by atoms with Crippen LogP contribution in [0.5, 0.6) is 0 Å². The zero-order valence-electron chi connectivity index (χ0n) is 13.2. The van der Waals surface area contributed by atoms with E-state index in [1.165, 1.54) is 12.1 Å². The molecule has 0 aliphatic carbocycles. The third-order valence-electron chi connectivity index (χ3n) is 3.60. The second-order valence-electron chi connectivity index (χ2n) is 5.46. The maximum Gasteiger partial charge on any atom is 0.416 e. The zero-order chi connectivity index (χ0) is 17.6. The van der Waals surface area contributed by atoms with Crippen molar-refractivity contribution in [2.45, 2.75) is 25.6 Å². The van der Waals surface area contributed by atoms with Crippen LogP contribution in [0.4, 0.5) is 18.9 Å². The van der Waals surface area contributed by atoms with Crippen molar-refractivity contribution in [1.29, 1.82) is 0 Å². The lowest BCUT2D eigenvalue weighted by atomic mass is 10.1. The highest BCUT2D eigenvalue weighted by molar-refractivity contribution is 5.90. The predicted octanol–water partition coefficient (Wildman–Crippen LogP) is 4.38. The summed E-state index contributed by atoms with van der Waals surface area (Å²) in [6, 6.07) is 14.4. The molecule has 128 valence electrons. The molecule has 0 fully saturated rings. The highest BCUT2D eigenvalue weighted by Crippen LogP contribution is 2.29. The number of halogens is 3. The molecule has 1 amide bonds. The van der Waals surface area contributed by atoms with Gasteiger partial charge < -0.3 is 10.6 Å². The van der Waals surface area contributed by atoms with E-state index >= 15 is 0 Å². The number of anilines is 1. The number of carbonyl (C=O) groups excluding carboxylic acids is 1. The van der Waals surface area contributed by atoms with Gasteiger partial charge in [0.1, 0.15) is 0 Å². The molecular weight excluding hydrogens is 317 g/mol. The molecule has 2 N–H and O–H groups in total. The summed E-state index contributed by atoms with van der Waals surface area (Å²) in [6.45, 7) is 2.48. The summed E-state index contributed by atoms with van der Waals surface area (Å²) in [6.07, 6.45) is -4.14. The van der Waals surface area contributed by atoms with E-state index in [1.54, 1.807) is 0 Å². The Balaban J connectivity index is 1.77. The van der Waals surface area contributed by atoms with Crippen molar-refractivity contribution in [2.24, 2.45) is 0 Å². The molecular formula is C18H19F3N2O. The summed E-state index contributed by atoms with van der Waals surface area (Å²) in [7, 11) is 0. The highest BCUT2D eigenvalue weighted by Gasteiger charge is 2.29. The molecule has 0 aliphatic rings. The summed E-state index contributed by atoms with van der Waals surface area (Å²) in [5.41, 5.74) is 0.739. The van der Waals surface area contributed by atoms with Crippen LogP contribution < -0.4 is 10.6 Å². The quantitative estimate of drug-likeness (QED) is 0.822. The van der Waals surface area contributed by atoms with Crippen molar-refractivity contribution in [3.05, 3.63) is 65.7 Å². The van der Waals surface area contributed by atoms with E-state index < -0.39 is 11.7 Å². The average molecular weight is 336 g/mol. The number of hydrogen-bond donors (Lipinski definition) is 2. The fraction of sp³-hybridized carbons (Fsp3) is 0.278. The van der Waals surface area contributed by atoms with Gasteiger partial charge in [0.25, 0.3) is 0 Å². The van der Waals surface area contributed by atoms with Gasteiger partial charge in [0, 0.05) is 24.7 Å². The first-order valence-corrected chi connectivity index (χ1v) is 7.61. The molecule has 0 spiro atoms. The third kappa shape index (κ3) is 5.38. The Bertz CT molecular complexity index is 654. The molecule has 0 heterocycles. The van der Waals surface area contributed by atoms with Crippen molar-refractivity contribution in [1.82, 2.24) is 5.32 Å². The fourth-order valence-corrected chi connectivity index (χ4v) is 2.23. The largest absolute Gasteiger partial charge is 0.416 e. The first kappa shape index (κ1) is 18.0. The van der Waals surface area contributed by atoms with Crippen molar-refractivity contribution in [2.75, 3.05) is 11.9 Å². The monoisotopic (exact) mass is 336 g/mol. The van der Waals surface area contributed by atoms with E-state index in [4.69, 9.17) is 0 Å². The maximum absolute atomic E-state index is 12.5. The van der Waals surface area contributed by atoms with Gasteiger partial charge >= 0.3 is 6.18 Å². The average Bonchev–Trinajstić information content (AvgIpc) is 2.55. The number of benzene rings is 2. The second-order valence-corrected chi connectivity index (χ2v) is 5.46. The van der Waals surface area contributed by atoms with Crippen LogP contribution >= 0.6 is 0 Å². The minimum absolute atomic E-state index is 0.116. The standard InChI is InChI=1S/C18H19F3N2O/c1-13(14-5-3-2-4-6-14)22-12-11-17(24)23-16-9-7-15(8-10-16)18(19,20)21/h2-10,13,22H,11-12H2,1H3,(H,23,24). The van der Waals surface area contributed by atoms with Gasteiger partial charge in [0.15, 0.2) is 0 Å². The number of amides is 1. The lowest BCUT2D eigenvalue weighted by Crippen LogP contribution is -2.24. The van der Waals surface area contributed by atoms with E-state index in [9.17, 15) is 18.0 Å². The first-order chi connectivity index (χ1) is 11.4. The Kier molecular flexibility index (Phi) is 5.98. The molecule has 2 rings (SSSR count). The van der Waals surface area contributed by atoms with Gasteiger partial charge in [-0.05, 0) is 36.8 Å². The van der Waals surface area contributed by atoms with Crippen LogP contribution in [0.1, 0.15) is 30.5 Å². The molecule has 0 saturated carbocycles. The van der Waals surface area contributed by atoms with Gasteiger partial charge in [-0.3, -0.25) is 4.79 Å². The van der Waals surface area contributed by atoms with Gasteiger partial charge in [-0.1, -0.05) is 30.3 Å². The van der Waals surface area contributed by atoms with Crippen molar-refractivity contribution in [3.8, 4) is 0 Å². The van der Waals surface area contributed by atoms with Crippen LogP contribution in [0.15, 0.2) is 54.6 Å². The molecule has 0 saturated heterocycles. The molecule has 0 bridgehead atoms. The number of carbonyl (C=O) groups is 1. The van der Waals surface area contributed by atoms with Crippen LogP contribution in [-0.2, 0) is 11.0 Å². The van der Waals surface area contributed by atoms with E-state index in [-0.39, 0.29) is 18.4 Å². The van der Waals surface area contributed by atoms with Gasteiger partial charge in [-0.2, -0.15) is 13.2 Å². The van der Waals surface area contributed by atoms with Gasteiger partial charge in [0.2, 0.25) is 5.91 Å². The molecule has 0 aliphatic heterocycles. The molecule has 24 heavy (non-hydrogen) atoms. The number of alkyl halides is 3. The van der Waals surface area contributed by atoms with Crippen LogP contribution in [0, 0.1) is 0 Å². The molecule has 1 unspecified atom stereocenters. The van der Waals surface area contributed by atoms with Gasteiger partial charge in [-0.15, -0.1) is 0 Å². The van der Waals surface area contributed by atoms with Crippen LogP contribution in [0.2, 0.25) is 0 Å². The summed E-state index contributed by atoms with van der Waals surface area (Å²) in [4.78, 5) is 11.8. The Labute approximate surface area is 138 Å². The van der Waals surface area contributed by atoms with E-state index in [0.29, 0.717) is 12.2 Å². The number of hydrogen-bond acceptors (Lipinski definition) is 2. The molecule has 3 nitrogen and oxygen atoms in total. The van der Waals surface area contributed by atoms with Crippen molar-refractivity contribution in [3.63, 3.8) is 0 Å². The lowest BCUT2D eigenvalue weighted by molar-refractivity contribution is -0.137. The van der Waals surface area contributed by atoms with E-state index in [2.05, 4.69) is 10.6 Å². The summed E-state index contributed by atoms with van der Waals surface area (Å²) >= 11 is 0. The highest BCUT2D eigenvalue weighted by atomic mass is 19.4. The normalized spacial score (nSPS) is 12.7. The van der Waals surface area contributed by atoms with Crippen LogP contribution in [0.3, 0.4) is 0 Å². The molecule has 0 radical (unpaired) electrons. The van der Waals surface area contributed by atoms with Crippen LogP contribution in [-0.4, -0.2) is 12.5 Å².